The van der Waals surface area contributed by atoms with Crippen molar-refractivity contribution in [1.82, 2.24) is 10.6 Å². The molecule has 1 heterocycles. The quantitative estimate of drug-likeness (QED) is 0.625. The maximum absolute atomic E-state index is 12.0. The number of methoxy groups -OCH3 is 1. The number of carbonyl (C=O) groups is 2. The minimum Gasteiger partial charge on any atom is -0.497 e. The molecule has 0 aliphatic carbocycles. The number of hydrogen-bond donors (Lipinski definition) is 2. The zero-order chi connectivity index (χ0) is 13.8. The Morgan fingerprint density at radius 2 is 2.05 bits per heavy atom. The first kappa shape index (κ1) is 13.1. The van der Waals surface area contributed by atoms with Crippen LogP contribution in [0.4, 0.5) is 0 Å². The third-order valence-corrected chi connectivity index (χ3v) is 2.87. The molecule has 0 saturated carbocycles. The van der Waals surface area contributed by atoms with Gasteiger partial charge in [0, 0.05) is 24.2 Å². The molecular weight excluding hydrogens is 244 g/mol. The third-order valence-electron chi connectivity index (χ3n) is 2.87. The number of allylic oxidation sites excluding steroid dienone is 1. The number of benzene rings is 1. The van der Waals surface area contributed by atoms with E-state index >= 15 is 0 Å². The summed E-state index contributed by atoms with van der Waals surface area (Å²) < 4.78 is 5.02. The highest BCUT2D eigenvalue weighted by Crippen LogP contribution is 2.12. The van der Waals surface area contributed by atoms with Crippen LogP contribution in [0, 0.1) is 0 Å². The largest absolute Gasteiger partial charge is 0.497 e. The minimum absolute atomic E-state index is 0.0701. The van der Waals surface area contributed by atoms with E-state index in [1.807, 2.05) is 6.92 Å². The van der Waals surface area contributed by atoms with Gasteiger partial charge in [-0.05, 0) is 31.2 Å². The van der Waals surface area contributed by atoms with Gasteiger partial charge in [0.25, 0.3) is 5.91 Å². The number of rotatable bonds is 3. The Kier molecular flexibility index (Phi) is 3.85. The molecule has 0 bridgehead atoms. The van der Waals surface area contributed by atoms with Crippen molar-refractivity contribution in [3.8, 4) is 5.75 Å². The second-order valence-electron chi connectivity index (χ2n) is 4.41. The average molecular weight is 260 g/mol. The van der Waals surface area contributed by atoms with Crippen LogP contribution in [0.5, 0.6) is 5.75 Å². The van der Waals surface area contributed by atoms with Crippen LogP contribution in [0.25, 0.3) is 0 Å². The van der Waals surface area contributed by atoms with E-state index in [1.165, 1.54) is 6.08 Å². The molecule has 100 valence electrons. The summed E-state index contributed by atoms with van der Waals surface area (Å²) >= 11 is 0. The number of carbonyl (C=O) groups excluding carboxylic acids is 2. The van der Waals surface area contributed by atoms with Gasteiger partial charge in [-0.2, -0.15) is 0 Å². The van der Waals surface area contributed by atoms with E-state index < -0.39 is 0 Å². The van der Waals surface area contributed by atoms with Crippen molar-refractivity contribution in [2.24, 2.45) is 0 Å². The van der Waals surface area contributed by atoms with E-state index in [4.69, 9.17) is 4.74 Å². The molecule has 2 rings (SSSR count). The summed E-state index contributed by atoms with van der Waals surface area (Å²) in [7, 11) is 1.57. The Balaban J connectivity index is 2.13. The van der Waals surface area contributed by atoms with Gasteiger partial charge in [0.05, 0.1) is 7.11 Å². The first-order valence-electron chi connectivity index (χ1n) is 6.05. The van der Waals surface area contributed by atoms with Crippen LogP contribution in [0.15, 0.2) is 36.0 Å². The molecule has 0 unspecified atom stereocenters. The lowest BCUT2D eigenvalue weighted by Gasteiger charge is -2.23. The van der Waals surface area contributed by atoms with Gasteiger partial charge in [-0.1, -0.05) is 0 Å². The lowest BCUT2D eigenvalue weighted by Crippen LogP contribution is -2.49. The van der Waals surface area contributed by atoms with E-state index in [0.29, 0.717) is 23.6 Å². The average Bonchev–Trinajstić information content (AvgIpc) is 2.42. The molecule has 5 heteroatoms. The second kappa shape index (κ2) is 5.56. The van der Waals surface area contributed by atoms with E-state index in [0.717, 1.165) is 0 Å². The van der Waals surface area contributed by atoms with Crippen molar-refractivity contribution in [2.75, 3.05) is 13.7 Å². The fraction of sp³-hybridized carbons (Fsp3) is 0.286. The molecule has 1 amide bonds. The number of hydrogen-bond acceptors (Lipinski definition) is 4. The van der Waals surface area contributed by atoms with Gasteiger partial charge in [-0.3, -0.25) is 9.59 Å². The minimum atomic E-state index is -0.249. The maximum Gasteiger partial charge on any atom is 0.267 e. The van der Waals surface area contributed by atoms with Crippen LogP contribution in [-0.4, -0.2) is 31.4 Å². The van der Waals surface area contributed by atoms with Crippen LogP contribution in [0.2, 0.25) is 0 Å². The third kappa shape index (κ3) is 3.13. The molecule has 19 heavy (non-hydrogen) atoms. The van der Waals surface area contributed by atoms with Gasteiger partial charge in [0.15, 0.2) is 5.78 Å². The molecule has 1 fully saturated rings. The van der Waals surface area contributed by atoms with Crippen LogP contribution in [0.1, 0.15) is 17.3 Å². The van der Waals surface area contributed by atoms with E-state index in [1.54, 1.807) is 31.4 Å². The monoisotopic (exact) mass is 260 g/mol. The standard InChI is InChI=1S/C14H16N2O3/c1-9-8-15-12(14(18)16-9)7-13(17)10-3-5-11(19-2)6-4-10/h3-7,9,15H,8H2,1-2H3,(H,16,18)/b12-7+/t9-/m0/s1. The summed E-state index contributed by atoms with van der Waals surface area (Å²) in [6, 6.07) is 6.83. The lowest BCUT2D eigenvalue weighted by molar-refractivity contribution is -0.119. The summed E-state index contributed by atoms with van der Waals surface area (Å²) in [6.45, 7) is 2.51. The SMILES string of the molecule is COc1ccc(C(=O)/C=C2/NC[C@H](C)NC2=O)cc1. The van der Waals surface area contributed by atoms with Crippen LogP contribution in [0.3, 0.4) is 0 Å². The highest BCUT2D eigenvalue weighted by Gasteiger charge is 2.19. The summed E-state index contributed by atoms with van der Waals surface area (Å²) in [5.41, 5.74) is 0.820. The summed E-state index contributed by atoms with van der Waals surface area (Å²) in [5, 5.41) is 5.71. The van der Waals surface area contributed by atoms with Gasteiger partial charge < -0.3 is 15.4 Å². The fourth-order valence-corrected chi connectivity index (χ4v) is 1.78. The maximum atomic E-state index is 12.0. The number of ether oxygens (including phenoxy) is 1. The van der Waals surface area contributed by atoms with Crippen LogP contribution < -0.4 is 15.4 Å². The van der Waals surface area contributed by atoms with Gasteiger partial charge in [-0.15, -0.1) is 0 Å². The Labute approximate surface area is 111 Å². The molecule has 1 aliphatic rings. The van der Waals surface area contributed by atoms with E-state index in [9.17, 15) is 9.59 Å². The predicted octanol–water partition coefficient (Wildman–Crippen LogP) is 0.870. The molecule has 1 aliphatic heterocycles. The zero-order valence-corrected chi connectivity index (χ0v) is 10.9. The fourth-order valence-electron chi connectivity index (χ4n) is 1.78. The van der Waals surface area contributed by atoms with Crippen molar-refractivity contribution >= 4 is 11.7 Å². The van der Waals surface area contributed by atoms with Crippen LogP contribution >= 0.6 is 0 Å². The first-order valence-corrected chi connectivity index (χ1v) is 6.05. The lowest BCUT2D eigenvalue weighted by atomic mass is 10.1. The molecular formula is C14H16N2O3. The topological polar surface area (TPSA) is 67.4 Å². The number of nitrogens with one attached hydrogen (secondary N) is 2. The normalized spacial score (nSPS) is 20.6. The van der Waals surface area contributed by atoms with Gasteiger partial charge in [0.1, 0.15) is 11.4 Å². The van der Waals surface area contributed by atoms with E-state index in [2.05, 4.69) is 10.6 Å². The van der Waals surface area contributed by atoms with E-state index in [-0.39, 0.29) is 17.7 Å². The zero-order valence-electron chi connectivity index (χ0n) is 10.9. The molecule has 1 saturated heterocycles. The number of amides is 1. The number of ketones is 1. The van der Waals surface area contributed by atoms with Gasteiger partial charge in [0.2, 0.25) is 0 Å². The number of piperazine rings is 1. The van der Waals surface area contributed by atoms with Crippen LogP contribution in [-0.2, 0) is 4.79 Å². The summed E-state index contributed by atoms with van der Waals surface area (Å²) in [6.07, 6.45) is 1.32. The Hall–Kier alpha value is -2.30. The Morgan fingerprint density at radius 1 is 1.37 bits per heavy atom. The molecule has 1 aromatic carbocycles. The highest BCUT2D eigenvalue weighted by atomic mass is 16.5. The Morgan fingerprint density at radius 3 is 2.63 bits per heavy atom. The predicted molar refractivity (Wildman–Crippen MR) is 71.0 cm³/mol. The Bertz CT molecular complexity index is 520. The molecule has 1 atom stereocenters. The van der Waals surface area contributed by atoms with Crippen molar-refractivity contribution < 1.29 is 14.3 Å². The molecule has 1 aromatic rings. The molecule has 0 aromatic heterocycles. The second-order valence-corrected chi connectivity index (χ2v) is 4.41. The van der Waals surface area contributed by atoms with Crippen molar-refractivity contribution in [2.45, 2.75) is 13.0 Å². The summed E-state index contributed by atoms with van der Waals surface area (Å²) in [4.78, 5) is 23.7. The molecule has 2 N–H and O–H groups in total. The summed E-state index contributed by atoms with van der Waals surface area (Å²) in [5.74, 6) is 0.224. The smallest absolute Gasteiger partial charge is 0.267 e. The first-order chi connectivity index (χ1) is 9.10. The van der Waals surface area contributed by atoms with Gasteiger partial charge >= 0.3 is 0 Å². The van der Waals surface area contributed by atoms with Gasteiger partial charge in [-0.25, -0.2) is 0 Å². The van der Waals surface area contributed by atoms with Crippen molar-refractivity contribution in [1.29, 1.82) is 0 Å². The van der Waals surface area contributed by atoms with Crippen molar-refractivity contribution in [3.63, 3.8) is 0 Å². The molecule has 0 spiro atoms. The molecule has 5 nitrogen and oxygen atoms in total. The van der Waals surface area contributed by atoms with Crippen molar-refractivity contribution in [3.05, 3.63) is 41.6 Å². The highest BCUT2D eigenvalue weighted by molar-refractivity contribution is 6.09. The molecule has 0 radical (unpaired) electrons.